The molecule has 0 aliphatic heterocycles. The second-order valence-corrected chi connectivity index (χ2v) is 4.20. The standard InChI is InChI=1S/C10H14N4OS/c1-6(2)8(9(11)16)14-10(15)7-3-4-12-13-5-7/h3-6,8H,1-2H3,(H2,11,16)(H,14,15). The van der Waals surface area contributed by atoms with E-state index in [4.69, 9.17) is 18.0 Å². The van der Waals surface area contributed by atoms with E-state index in [1.165, 1.54) is 12.4 Å². The predicted octanol–water partition coefficient (Wildman–Crippen LogP) is 0.517. The highest BCUT2D eigenvalue weighted by Gasteiger charge is 2.19. The highest BCUT2D eigenvalue weighted by molar-refractivity contribution is 7.80. The Morgan fingerprint density at radius 2 is 2.19 bits per heavy atom. The van der Waals surface area contributed by atoms with E-state index in [1.54, 1.807) is 6.07 Å². The van der Waals surface area contributed by atoms with E-state index in [-0.39, 0.29) is 22.9 Å². The molecule has 16 heavy (non-hydrogen) atoms. The summed E-state index contributed by atoms with van der Waals surface area (Å²) in [4.78, 5) is 12.1. The number of thiocarbonyl (C=S) groups is 1. The Hall–Kier alpha value is -1.56. The van der Waals surface area contributed by atoms with Gasteiger partial charge in [0.05, 0.1) is 29.0 Å². The molecule has 1 aromatic heterocycles. The number of carbonyl (C=O) groups excluding carboxylic acids is 1. The van der Waals surface area contributed by atoms with E-state index < -0.39 is 0 Å². The second-order valence-electron chi connectivity index (χ2n) is 3.73. The van der Waals surface area contributed by atoms with Crippen molar-refractivity contribution < 1.29 is 4.79 Å². The summed E-state index contributed by atoms with van der Waals surface area (Å²) >= 11 is 4.90. The van der Waals surface area contributed by atoms with Crippen molar-refractivity contribution in [1.29, 1.82) is 0 Å². The zero-order chi connectivity index (χ0) is 12.1. The summed E-state index contributed by atoms with van der Waals surface area (Å²) in [5.41, 5.74) is 5.99. The molecule has 86 valence electrons. The minimum atomic E-state index is -0.310. The van der Waals surface area contributed by atoms with Crippen molar-refractivity contribution >= 4 is 23.1 Å². The van der Waals surface area contributed by atoms with E-state index >= 15 is 0 Å². The summed E-state index contributed by atoms with van der Waals surface area (Å²) in [5, 5.41) is 9.98. The largest absolute Gasteiger partial charge is 0.392 e. The van der Waals surface area contributed by atoms with Crippen LogP contribution >= 0.6 is 12.2 Å². The minimum Gasteiger partial charge on any atom is -0.392 e. The SMILES string of the molecule is CC(C)C(NC(=O)c1ccnnc1)C(N)=S. The first-order valence-corrected chi connectivity index (χ1v) is 5.30. The Balaban J connectivity index is 2.74. The zero-order valence-electron chi connectivity index (χ0n) is 9.18. The third-order valence-corrected chi connectivity index (χ3v) is 2.36. The van der Waals surface area contributed by atoms with Crippen molar-refractivity contribution in [1.82, 2.24) is 15.5 Å². The average Bonchev–Trinajstić information content (AvgIpc) is 2.25. The van der Waals surface area contributed by atoms with Gasteiger partial charge in [-0.1, -0.05) is 26.1 Å². The molecule has 1 atom stereocenters. The van der Waals surface area contributed by atoms with Gasteiger partial charge in [0.1, 0.15) is 0 Å². The fourth-order valence-electron chi connectivity index (χ4n) is 1.22. The van der Waals surface area contributed by atoms with Crippen molar-refractivity contribution in [3.8, 4) is 0 Å². The number of amides is 1. The lowest BCUT2D eigenvalue weighted by Crippen LogP contribution is -2.46. The summed E-state index contributed by atoms with van der Waals surface area (Å²) in [5.74, 6) is -0.0994. The molecule has 0 aliphatic rings. The van der Waals surface area contributed by atoms with Gasteiger partial charge in [-0.05, 0) is 12.0 Å². The Morgan fingerprint density at radius 1 is 1.50 bits per heavy atom. The molecule has 0 bridgehead atoms. The van der Waals surface area contributed by atoms with E-state index in [0.29, 0.717) is 5.56 Å². The molecule has 0 saturated carbocycles. The van der Waals surface area contributed by atoms with Crippen LogP contribution in [-0.2, 0) is 0 Å². The molecule has 5 nitrogen and oxygen atoms in total. The lowest BCUT2D eigenvalue weighted by Gasteiger charge is -2.20. The minimum absolute atomic E-state index is 0.149. The van der Waals surface area contributed by atoms with Crippen LogP contribution in [0.3, 0.4) is 0 Å². The zero-order valence-corrected chi connectivity index (χ0v) is 9.99. The lowest BCUT2D eigenvalue weighted by molar-refractivity contribution is 0.0939. The smallest absolute Gasteiger partial charge is 0.253 e. The molecule has 1 aromatic rings. The van der Waals surface area contributed by atoms with Crippen LogP contribution in [0.1, 0.15) is 24.2 Å². The molecule has 0 saturated heterocycles. The molecule has 1 heterocycles. The van der Waals surface area contributed by atoms with Crippen LogP contribution in [0.15, 0.2) is 18.5 Å². The number of hydrogen-bond acceptors (Lipinski definition) is 4. The number of nitrogens with one attached hydrogen (secondary N) is 1. The van der Waals surface area contributed by atoms with Gasteiger partial charge >= 0.3 is 0 Å². The summed E-state index contributed by atoms with van der Waals surface area (Å²) in [6.45, 7) is 3.88. The Bertz CT molecular complexity index is 380. The first-order chi connectivity index (χ1) is 7.52. The van der Waals surface area contributed by atoms with Crippen molar-refractivity contribution in [3.05, 3.63) is 24.0 Å². The molecule has 0 aromatic carbocycles. The molecule has 1 amide bonds. The third kappa shape index (κ3) is 3.23. The molecular weight excluding hydrogens is 224 g/mol. The van der Waals surface area contributed by atoms with Crippen LogP contribution in [0.5, 0.6) is 0 Å². The number of aromatic nitrogens is 2. The molecular formula is C10H14N4OS. The van der Waals surface area contributed by atoms with Crippen molar-refractivity contribution in [2.24, 2.45) is 11.7 Å². The molecule has 6 heteroatoms. The Morgan fingerprint density at radius 3 is 2.62 bits per heavy atom. The van der Waals surface area contributed by atoms with Crippen molar-refractivity contribution in [3.63, 3.8) is 0 Å². The first kappa shape index (κ1) is 12.5. The topological polar surface area (TPSA) is 80.9 Å². The van der Waals surface area contributed by atoms with E-state index in [1.807, 2.05) is 13.8 Å². The molecule has 0 radical (unpaired) electrons. The van der Waals surface area contributed by atoms with Crippen LogP contribution in [0.25, 0.3) is 0 Å². The van der Waals surface area contributed by atoms with Crippen LogP contribution in [0, 0.1) is 5.92 Å². The average molecular weight is 238 g/mol. The van der Waals surface area contributed by atoms with Gasteiger partial charge in [-0.3, -0.25) is 4.79 Å². The predicted molar refractivity (Wildman–Crippen MR) is 64.9 cm³/mol. The van der Waals surface area contributed by atoms with Crippen LogP contribution in [0.2, 0.25) is 0 Å². The van der Waals surface area contributed by atoms with Gasteiger partial charge in [0.25, 0.3) is 5.91 Å². The number of carbonyl (C=O) groups is 1. The fraction of sp³-hybridized carbons (Fsp3) is 0.400. The van der Waals surface area contributed by atoms with Gasteiger partial charge in [-0.15, -0.1) is 0 Å². The highest BCUT2D eigenvalue weighted by atomic mass is 32.1. The number of nitrogens with two attached hydrogens (primary N) is 1. The maximum absolute atomic E-state index is 11.8. The van der Waals surface area contributed by atoms with Crippen LogP contribution < -0.4 is 11.1 Å². The second kappa shape index (κ2) is 5.50. The van der Waals surface area contributed by atoms with Gasteiger partial charge in [0.2, 0.25) is 0 Å². The van der Waals surface area contributed by atoms with E-state index in [2.05, 4.69) is 15.5 Å². The fourth-order valence-corrected chi connectivity index (χ4v) is 1.55. The summed E-state index contributed by atoms with van der Waals surface area (Å²) < 4.78 is 0. The van der Waals surface area contributed by atoms with Crippen molar-refractivity contribution in [2.75, 3.05) is 0 Å². The Labute approximate surface area is 99.4 Å². The van der Waals surface area contributed by atoms with Gasteiger partial charge in [-0.25, -0.2) is 0 Å². The molecule has 0 spiro atoms. The molecule has 0 aliphatic carbocycles. The highest BCUT2D eigenvalue weighted by Crippen LogP contribution is 2.04. The molecule has 0 fully saturated rings. The van der Waals surface area contributed by atoms with E-state index in [0.717, 1.165) is 0 Å². The normalized spacial score (nSPS) is 12.2. The summed E-state index contributed by atoms with van der Waals surface area (Å²) in [6.07, 6.45) is 2.85. The quantitative estimate of drug-likeness (QED) is 0.747. The van der Waals surface area contributed by atoms with Gasteiger partial charge < -0.3 is 11.1 Å². The maximum Gasteiger partial charge on any atom is 0.253 e. The molecule has 3 N–H and O–H groups in total. The summed E-state index contributed by atoms with van der Waals surface area (Å²) in [7, 11) is 0. The van der Waals surface area contributed by atoms with Crippen LogP contribution in [0.4, 0.5) is 0 Å². The van der Waals surface area contributed by atoms with Gasteiger partial charge in [-0.2, -0.15) is 10.2 Å². The van der Waals surface area contributed by atoms with E-state index in [9.17, 15) is 4.79 Å². The third-order valence-electron chi connectivity index (χ3n) is 2.11. The first-order valence-electron chi connectivity index (χ1n) is 4.89. The van der Waals surface area contributed by atoms with Crippen LogP contribution in [-0.4, -0.2) is 27.1 Å². The number of rotatable bonds is 4. The van der Waals surface area contributed by atoms with Gasteiger partial charge in [0.15, 0.2) is 0 Å². The number of hydrogen-bond donors (Lipinski definition) is 2. The monoisotopic (exact) mass is 238 g/mol. The summed E-state index contributed by atoms with van der Waals surface area (Å²) in [6, 6.07) is 1.27. The lowest BCUT2D eigenvalue weighted by atomic mass is 10.0. The van der Waals surface area contributed by atoms with Crippen molar-refractivity contribution in [2.45, 2.75) is 19.9 Å². The van der Waals surface area contributed by atoms with Gasteiger partial charge in [0, 0.05) is 0 Å². The maximum atomic E-state index is 11.8. The number of nitrogens with zero attached hydrogens (tertiary/aromatic N) is 2. The molecule has 1 unspecified atom stereocenters. The Kier molecular flexibility index (Phi) is 4.30. The molecule has 1 rings (SSSR count).